The van der Waals surface area contributed by atoms with E-state index in [0.717, 1.165) is 17.7 Å². The van der Waals surface area contributed by atoms with E-state index in [1.54, 1.807) is 12.4 Å². The predicted octanol–water partition coefficient (Wildman–Crippen LogP) is 2.10. The van der Waals surface area contributed by atoms with Crippen LogP contribution in [0.5, 0.6) is 0 Å². The fourth-order valence-corrected chi connectivity index (χ4v) is 1.73. The first-order valence-corrected chi connectivity index (χ1v) is 5.86. The van der Waals surface area contributed by atoms with E-state index in [1.165, 1.54) is 0 Å². The molecule has 0 bridgehead atoms. The minimum atomic E-state index is -0.0199. The lowest BCUT2D eigenvalue weighted by molar-refractivity contribution is 0.522. The third kappa shape index (κ3) is 2.91. The van der Waals surface area contributed by atoms with Crippen LogP contribution in [0.4, 0.5) is 0 Å². The van der Waals surface area contributed by atoms with E-state index in [9.17, 15) is 0 Å². The number of hydrogen-bond acceptors (Lipinski definition) is 3. The first-order valence-electron chi connectivity index (χ1n) is 5.86. The van der Waals surface area contributed by atoms with Gasteiger partial charge in [0.05, 0.1) is 5.69 Å². The van der Waals surface area contributed by atoms with Crippen LogP contribution in [-0.4, -0.2) is 14.8 Å². The maximum absolute atomic E-state index is 6.14. The number of hydrogen-bond donors (Lipinski definition) is 1. The molecule has 2 N–H and O–H groups in total. The summed E-state index contributed by atoms with van der Waals surface area (Å²) in [6, 6.07) is 6.30. The van der Waals surface area contributed by atoms with Crippen molar-refractivity contribution in [3.63, 3.8) is 0 Å². The zero-order valence-electron chi connectivity index (χ0n) is 10.2. The fourth-order valence-electron chi connectivity index (χ4n) is 1.73. The smallest absolute Gasteiger partial charge is 0.0643 e. The van der Waals surface area contributed by atoms with Crippen LogP contribution in [0.1, 0.15) is 37.2 Å². The molecule has 2 aromatic heterocycles. The Labute approximate surface area is 101 Å². The summed E-state index contributed by atoms with van der Waals surface area (Å²) in [4.78, 5) is 3.99. The van der Waals surface area contributed by atoms with Gasteiger partial charge in [0, 0.05) is 37.1 Å². The highest BCUT2D eigenvalue weighted by atomic mass is 15.3. The maximum atomic E-state index is 6.14. The number of aromatic nitrogens is 3. The van der Waals surface area contributed by atoms with Crippen molar-refractivity contribution in [1.82, 2.24) is 14.8 Å². The molecule has 17 heavy (non-hydrogen) atoms. The van der Waals surface area contributed by atoms with Gasteiger partial charge >= 0.3 is 0 Å². The molecule has 2 heterocycles. The fraction of sp³-hybridized carbons (Fsp3) is 0.385. The lowest BCUT2D eigenvalue weighted by Gasteiger charge is -2.10. The molecule has 0 saturated carbocycles. The Morgan fingerprint density at radius 3 is 2.53 bits per heavy atom. The summed E-state index contributed by atoms with van der Waals surface area (Å²) in [6.07, 6.45) is 6.28. The van der Waals surface area contributed by atoms with Gasteiger partial charge in [-0.1, -0.05) is 0 Å². The summed E-state index contributed by atoms with van der Waals surface area (Å²) in [5.41, 5.74) is 8.26. The molecule has 0 aliphatic rings. The zero-order valence-corrected chi connectivity index (χ0v) is 10.2. The van der Waals surface area contributed by atoms with Crippen LogP contribution in [0.25, 0.3) is 0 Å². The molecule has 1 unspecified atom stereocenters. The number of rotatable bonds is 4. The highest BCUT2D eigenvalue weighted by Crippen LogP contribution is 2.14. The van der Waals surface area contributed by atoms with Crippen molar-refractivity contribution in [2.45, 2.75) is 32.4 Å². The van der Waals surface area contributed by atoms with Crippen LogP contribution in [0.3, 0.4) is 0 Å². The SMILES string of the molecule is CC(C)n1ccc(CC(N)c2ccncc2)n1. The molecule has 0 amide bonds. The molecule has 0 aliphatic carbocycles. The minimum Gasteiger partial charge on any atom is -0.324 e. The summed E-state index contributed by atoms with van der Waals surface area (Å²) in [7, 11) is 0. The summed E-state index contributed by atoms with van der Waals surface area (Å²) < 4.78 is 1.95. The van der Waals surface area contributed by atoms with E-state index in [-0.39, 0.29) is 6.04 Å². The van der Waals surface area contributed by atoms with Crippen molar-refractivity contribution in [2.75, 3.05) is 0 Å². The number of pyridine rings is 1. The van der Waals surface area contributed by atoms with Crippen LogP contribution in [-0.2, 0) is 6.42 Å². The van der Waals surface area contributed by atoms with E-state index >= 15 is 0 Å². The van der Waals surface area contributed by atoms with E-state index in [0.29, 0.717) is 6.04 Å². The van der Waals surface area contributed by atoms with Crippen LogP contribution in [0.2, 0.25) is 0 Å². The molecule has 4 heteroatoms. The molecule has 1 atom stereocenters. The average molecular weight is 230 g/mol. The third-order valence-electron chi connectivity index (χ3n) is 2.76. The summed E-state index contributed by atoms with van der Waals surface area (Å²) >= 11 is 0. The molecule has 2 rings (SSSR count). The highest BCUT2D eigenvalue weighted by Gasteiger charge is 2.09. The number of nitrogens with zero attached hydrogens (tertiary/aromatic N) is 3. The Morgan fingerprint density at radius 1 is 1.24 bits per heavy atom. The Hall–Kier alpha value is -1.68. The first-order chi connectivity index (χ1) is 8.16. The molecular formula is C13H18N4. The van der Waals surface area contributed by atoms with Gasteiger partial charge in [-0.05, 0) is 37.6 Å². The largest absolute Gasteiger partial charge is 0.324 e. The normalized spacial score (nSPS) is 12.9. The predicted molar refractivity (Wildman–Crippen MR) is 67.5 cm³/mol. The van der Waals surface area contributed by atoms with Crippen molar-refractivity contribution in [3.8, 4) is 0 Å². The molecule has 90 valence electrons. The average Bonchev–Trinajstić information content (AvgIpc) is 2.79. The summed E-state index contributed by atoms with van der Waals surface area (Å²) in [5.74, 6) is 0. The summed E-state index contributed by atoms with van der Waals surface area (Å²) in [6.45, 7) is 4.22. The zero-order chi connectivity index (χ0) is 12.3. The first kappa shape index (κ1) is 11.8. The van der Waals surface area contributed by atoms with Crippen molar-refractivity contribution in [2.24, 2.45) is 5.73 Å². The van der Waals surface area contributed by atoms with Gasteiger partial charge in [-0.25, -0.2) is 0 Å². The Kier molecular flexibility index (Phi) is 3.54. The maximum Gasteiger partial charge on any atom is 0.0643 e. The van der Waals surface area contributed by atoms with Gasteiger partial charge in [0.15, 0.2) is 0 Å². The van der Waals surface area contributed by atoms with Gasteiger partial charge in [0.1, 0.15) is 0 Å². The van der Waals surface area contributed by atoms with E-state index in [1.807, 2.05) is 29.1 Å². The van der Waals surface area contributed by atoms with Crippen LogP contribution in [0, 0.1) is 0 Å². The molecule has 0 radical (unpaired) electrons. The van der Waals surface area contributed by atoms with E-state index in [4.69, 9.17) is 5.73 Å². The van der Waals surface area contributed by atoms with Gasteiger partial charge < -0.3 is 5.73 Å². The Bertz CT molecular complexity index is 461. The standard InChI is InChI=1S/C13H18N4/c1-10(2)17-8-5-12(16-17)9-13(14)11-3-6-15-7-4-11/h3-8,10,13H,9,14H2,1-2H3. The van der Waals surface area contributed by atoms with Gasteiger partial charge in [0.2, 0.25) is 0 Å². The van der Waals surface area contributed by atoms with Crippen molar-refractivity contribution >= 4 is 0 Å². The lowest BCUT2D eigenvalue weighted by atomic mass is 10.0. The Morgan fingerprint density at radius 2 is 1.94 bits per heavy atom. The molecule has 2 aromatic rings. The molecule has 0 aliphatic heterocycles. The molecule has 4 nitrogen and oxygen atoms in total. The van der Waals surface area contributed by atoms with E-state index < -0.39 is 0 Å². The molecule has 0 spiro atoms. The van der Waals surface area contributed by atoms with Crippen LogP contribution in [0.15, 0.2) is 36.8 Å². The second-order valence-electron chi connectivity index (χ2n) is 4.47. The van der Waals surface area contributed by atoms with Gasteiger partial charge in [-0.2, -0.15) is 5.10 Å². The molecule has 0 aromatic carbocycles. The second-order valence-corrected chi connectivity index (χ2v) is 4.47. The molecular weight excluding hydrogens is 212 g/mol. The molecule has 0 saturated heterocycles. The Balaban J connectivity index is 2.05. The quantitative estimate of drug-likeness (QED) is 0.875. The highest BCUT2D eigenvalue weighted by molar-refractivity contribution is 5.17. The minimum absolute atomic E-state index is 0.0199. The van der Waals surface area contributed by atoms with Gasteiger partial charge in [0.25, 0.3) is 0 Å². The second kappa shape index (κ2) is 5.10. The number of nitrogens with two attached hydrogens (primary N) is 1. The third-order valence-corrected chi connectivity index (χ3v) is 2.76. The molecule has 0 fully saturated rings. The van der Waals surface area contributed by atoms with Crippen molar-refractivity contribution < 1.29 is 0 Å². The van der Waals surface area contributed by atoms with Crippen LogP contribution >= 0.6 is 0 Å². The monoisotopic (exact) mass is 230 g/mol. The van der Waals surface area contributed by atoms with Crippen LogP contribution < -0.4 is 5.73 Å². The van der Waals surface area contributed by atoms with E-state index in [2.05, 4.69) is 23.9 Å². The van der Waals surface area contributed by atoms with Crippen molar-refractivity contribution in [1.29, 1.82) is 0 Å². The topological polar surface area (TPSA) is 56.7 Å². The lowest BCUT2D eigenvalue weighted by Crippen LogP contribution is -2.14. The van der Waals surface area contributed by atoms with Crippen molar-refractivity contribution in [3.05, 3.63) is 48.0 Å². The van der Waals surface area contributed by atoms with Gasteiger partial charge in [-0.3, -0.25) is 9.67 Å². The van der Waals surface area contributed by atoms with Gasteiger partial charge in [-0.15, -0.1) is 0 Å². The summed E-state index contributed by atoms with van der Waals surface area (Å²) in [5, 5.41) is 4.50.